The van der Waals surface area contributed by atoms with Crippen LogP contribution in [0.3, 0.4) is 0 Å². The second kappa shape index (κ2) is 7.20. The van der Waals surface area contributed by atoms with E-state index in [1.807, 2.05) is 29.5 Å². The first-order valence-corrected chi connectivity index (χ1v) is 8.29. The van der Waals surface area contributed by atoms with E-state index in [0.717, 1.165) is 23.8 Å². The van der Waals surface area contributed by atoms with Gasteiger partial charge in [0, 0.05) is 25.0 Å². The highest BCUT2D eigenvalue weighted by Crippen LogP contribution is 2.29. The molecule has 0 saturated heterocycles. The minimum atomic E-state index is -4.44. The number of rotatable bonds is 5. The molecule has 0 fully saturated rings. The van der Waals surface area contributed by atoms with Crippen LogP contribution in [0.4, 0.5) is 19.1 Å². The van der Waals surface area contributed by atoms with Crippen molar-refractivity contribution < 1.29 is 17.9 Å². The first-order valence-electron chi connectivity index (χ1n) is 8.29. The van der Waals surface area contributed by atoms with Crippen LogP contribution in [0.1, 0.15) is 36.8 Å². The average molecular weight is 370 g/mol. The number of fused-ring (bicyclic) bond motifs is 1. The molecule has 26 heavy (non-hydrogen) atoms. The number of halogens is 3. The zero-order valence-corrected chi connectivity index (χ0v) is 14.6. The van der Waals surface area contributed by atoms with Crippen LogP contribution in [0, 0.1) is 0 Å². The van der Waals surface area contributed by atoms with Crippen molar-refractivity contribution in [3.63, 3.8) is 0 Å². The SMILES string of the molecule is CC1CN(c2ncc(C(F)(F)F)cn2)Cc2cc(COC[C@H](C)N)nn21. The second-order valence-corrected chi connectivity index (χ2v) is 6.56. The molecular formula is C16H21F3N6O. The molecular weight excluding hydrogens is 349 g/mol. The highest BCUT2D eigenvalue weighted by Gasteiger charge is 2.32. The summed E-state index contributed by atoms with van der Waals surface area (Å²) in [6, 6.07) is 1.92. The summed E-state index contributed by atoms with van der Waals surface area (Å²) in [5.41, 5.74) is 6.53. The summed E-state index contributed by atoms with van der Waals surface area (Å²) in [5.74, 6) is 0.270. The molecule has 142 valence electrons. The lowest BCUT2D eigenvalue weighted by atomic mass is 10.2. The summed E-state index contributed by atoms with van der Waals surface area (Å²) in [4.78, 5) is 9.60. The Morgan fingerprint density at radius 3 is 2.65 bits per heavy atom. The molecule has 1 unspecified atom stereocenters. The van der Waals surface area contributed by atoms with Crippen molar-refractivity contribution in [3.8, 4) is 0 Å². The molecule has 0 radical (unpaired) electrons. The molecule has 2 N–H and O–H groups in total. The van der Waals surface area contributed by atoms with E-state index in [1.54, 1.807) is 0 Å². The molecule has 2 aromatic heterocycles. The Morgan fingerprint density at radius 1 is 1.35 bits per heavy atom. The maximum Gasteiger partial charge on any atom is 0.419 e. The van der Waals surface area contributed by atoms with Gasteiger partial charge in [-0.15, -0.1) is 0 Å². The van der Waals surface area contributed by atoms with Gasteiger partial charge in [0.2, 0.25) is 5.95 Å². The van der Waals surface area contributed by atoms with Crippen molar-refractivity contribution in [3.05, 3.63) is 35.4 Å². The van der Waals surface area contributed by atoms with E-state index in [-0.39, 0.29) is 18.0 Å². The quantitative estimate of drug-likeness (QED) is 0.868. The van der Waals surface area contributed by atoms with Crippen molar-refractivity contribution in [2.45, 2.75) is 45.3 Å². The number of anilines is 1. The Morgan fingerprint density at radius 2 is 2.04 bits per heavy atom. The maximum absolute atomic E-state index is 12.7. The van der Waals surface area contributed by atoms with Crippen LogP contribution < -0.4 is 10.6 Å². The minimum Gasteiger partial charge on any atom is -0.373 e. The fourth-order valence-corrected chi connectivity index (χ4v) is 2.85. The Labute approximate surface area is 149 Å². The standard InChI is InChI=1S/C16H21F3N6O/c1-10(20)8-26-9-13-3-14-7-24(6-11(2)25(14)23-13)15-21-4-12(5-22-15)16(17,18)19/h3-5,10-11H,6-9,20H2,1-2H3/t10-,11?/m0/s1. The lowest BCUT2D eigenvalue weighted by Crippen LogP contribution is -2.37. The molecule has 1 aliphatic rings. The third-order valence-corrected chi connectivity index (χ3v) is 4.00. The van der Waals surface area contributed by atoms with Gasteiger partial charge in [0.15, 0.2) is 0 Å². The third kappa shape index (κ3) is 4.13. The molecule has 0 spiro atoms. The fraction of sp³-hybridized carbons (Fsp3) is 0.562. The van der Waals surface area contributed by atoms with Gasteiger partial charge in [0.1, 0.15) is 0 Å². The largest absolute Gasteiger partial charge is 0.419 e. The molecule has 0 amide bonds. The summed E-state index contributed by atoms with van der Waals surface area (Å²) in [6.07, 6.45) is -2.82. The number of aromatic nitrogens is 4. The van der Waals surface area contributed by atoms with Crippen LogP contribution in [-0.4, -0.2) is 38.9 Å². The number of hydrogen-bond donors (Lipinski definition) is 1. The topological polar surface area (TPSA) is 82.1 Å². The summed E-state index contributed by atoms with van der Waals surface area (Å²) < 4.78 is 45.4. The van der Waals surface area contributed by atoms with E-state index < -0.39 is 11.7 Å². The Bertz CT molecular complexity index is 743. The molecule has 0 saturated carbocycles. The van der Waals surface area contributed by atoms with Crippen molar-refractivity contribution in [2.24, 2.45) is 5.73 Å². The Kier molecular flexibility index (Phi) is 5.15. The zero-order chi connectivity index (χ0) is 18.9. The monoisotopic (exact) mass is 370 g/mol. The number of hydrogen-bond acceptors (Lipinski definition) is 6. The van der Waals surface area contributed by atoms with Crippen molar-refractivity contribution in [1.82, 2.24) is 19.7 Å². The normalized spacial score (nSPS) is 18.7. The van der Waals surface area contributed by atoms with Crippen LogP contribution in [0.5, 0.6) is 0 Å². The van der Waals surface area contributed by atoms with Crippen molar-refractivity contribution in [2.75, 3.05) is 18.1 Å². The summed E-state index contributed by atoms with van der Waals surface area (Å²) in [6.45, 7) is 5.69. The van der Waals surface area contributed by atoms with Gasteiger partial charge in [0.05, 0.1) is 42.8 Å². The number of alkyl halides is 3. The van der Waals surface area contributed by atoms with Gasteiger partial charge in [-0.3, -0.25) is 4.68 Å². The summed E-state index contributed by atoms with van der Waals surface area (Å²) >= 11 is 0. The predicted octanol–water partition coefficient (Wildman–Crippen LogP) is 2.14. The molecule has 0 aromatic carbocycles. The number of nitrogens with two attached hydrogens (primary N) is 1. The van der Waals surface area contributed by atoms with E-state index in [4.69, 9.17) is 10.5 Å². The Balaban J connectivity index is 1.72. The van der Waals surface area contributed by atoms with E-state index in [2.05, 4.69) is 15.1 Å². The fourth-order valence-electron chi connectivity index (χ4n) is 2.85. The zero-order valence-electron chi connectivity index (χ0n) is 14.6. The van der Waals surface area contributed by atoms with Crippen LogP contribution in [-0.2, 0) is 24.1 Å². The molecule has 1 aliphatic heterocycles. The third-order valence-electron chi connectivity index (χ3n) is 4.00. The highest BCUT2D eigenvalue weighted by atomic mass is 19.4. The second-order valence-electron chi connectivity index (χ2n) is 6.56. The Hall–Kier alpha value is -2.20. The molecule has 10 heteroatoms. The molecule has 0 aliphatic carbocycles. The van der Waals surface area contributed by atoms with Gasteiger partial charge in [-0.1, -0.05) is 0 Å². The first-order chi connectivity index (χ1) is 12.2. The van der Waals surface area contributed by atoms with Crippen LogP contribution >= 0.6 is 0 Å². The lowest BCUT2D eigenvalue weighted by molar-refractivity contribution is -0.138. The van der Waals surface area contributed by atoms with Crippen LogP contribution in [0.2, 0.25) is 0 Å². The van der Waals surface area contributed by atoms with Gasteiger partial charge < -0.3 is 15.4 Å². The van der Waals surface area contributed by atoms with Gasteiger partial charge in [-0.05, 0) is 19.9 Å². The summed E-state index contributed by atoms with van der Waals surface area (Å²) in [7, 11) is 0. The van der Waals surface area contributed by atoms with Gasteiger partial charge in [-0.2, -0.15) is 18.3 Å². The van der Waals surface area contributed by atoms with Gasteiger partial charge >= 0.3 is 6.18 Å². The average Bonchev–Trinajstić information content (AvgIpc) is 2.97. The molecule has 3 heterocycles. The lowest BCUT2D eigenvalue weighted by Gasteiger charge is -2.32. The van der Waals surface area contributed by atoms with Crippen molar-refractivity contribution in [1.29, 1.82) is 0 Å². The predicted molar refractivity (Wildman–Crippen MR) is 88.3 cm³/mol. The molecule has 2 atom stereocenters. The number of ether oxygens (including phenoxy) is 1. The number of nitrogens with zero attached hydrogens (tertiary/aromatic N) is 5. The van der Waals surface area contributed by atoms with Crippen LogP contribution in [0.15, 0.2) is 18.5 Å². The van der Waals surface area contributed by atoms with Gasteiger partial charge in [0.25, 0.3) is 0 Å². The van der Waals surface area contributed by atoms with E-state index >= 15 is 0 Å². The smallest absolute Gasteiger partial charge is 0.373 e. The minimum absolute atomic E-state index is 0.0341. The molecule has 7 nitrogen and oxygen atoms in total. The van der Waals surface area contributed by atoms with E-state index in [0.29, 0.717) is 26.3 Å². The molecule has 3 rings (SSSR count). The molecule has 2 aromatic rings. The molecule has 0 bridgehead atoms. The van der Waals surface area contributed by atoms with Crippen LogP contribution in [0.25, 0.3) is 0 Å². The van der Waals surface area contributed by atoms with Gasteiger partial charge in [-0.25, -0.2) is 9.97 Å². The summed E-state index contributed by atoms with van der Waals surface area (Å²) in [5, 5.41) is 4.54. The maximum atomic E-state index is 12.7. The van der Waals surface area contributed by atoms with E-state index in [1.165, 1.54) is 0 Å². The van der Waals surface area contributed by atoms with Crippen molar-refractivity contribution >= 4 is 5.95 Å². The van der Waals surface area contributed by atoms with E-state index in [9.17, 15) is 13.2 Å². The first kappa shape index (κ1) is 18.6. The highest BCUT2D eigenvalue weighted by molar-refractivity contribution is 5.34.